The van der Waals surface area contributed by atoms with Crippen LogP contribution in [0.25, 0.3) is 0 Å². The van der Waals surface area contributed by atoms with E-state index in [0.29, 0.717) is 0 Å². The van der Waals surface area contributed by atoms with E-state index in [1.165, 1.54) is 6.92 Å². The van der Waals surface area contributed by atoms with Crippen molar-refractivity contribution >= 4 is 11.8 Å². The minimum absolute atomic E-state index is 0.477. The molecule has 0 saturated carbocycles. The lowest BCUT2D eigenvalue weighted by Crippen LogP contribution is -2.27. The van der Waals surface area contributed by atoms with Gasteiger partial charge in [0.15, 0.2) is 6.10 Å². The minimum atomic E-state index is -1.52. The van der Waals surface area contributed by atoms with E-state index in [2.05, 4.69) is 0 Å². The molecule has 6 heteroatoms. The minimum Gasteiger partial charge on any atom is -0.390 e. The van der Waals surface area contributed by atoms with Crippen LogP contribution in [0.5, 0.6) is 0 Å². The SMILES string of the molecule is Cc1ccc(S[C@]2([N+](=O)[O-])O[C@@H]2[C@H](C)O)cc1. The van der Waals surface area contributed by atoms with E-state index < -0.39 is 22.2 Å². The van der Waals surface area contributed by atoms with Crippen molar-refractivity contribution in [3.8, 4) is 0 Å². The summed E-state index contributed by atoms with van der Waals surface area (Å²) in [5, 5.41) is 18.8. The smallest absolute Gasteiger partial charge is 0.390 e. The first-order chi connectivity index (χ1) is 7.95. The summed E-state index contributed by atoms with van der Waals surface area (Å²) in [4.78, 5) is 11.3. The predicted molar refractivity (Wildman–Crippen MR) is 63.3 cm³/mol. The van der Waals surface area contributed by atoms with Gasteiger partial charge < -0.3 is 5.11 Å². The molecule has 0 unspecified atom stereocenters. The van der Waals surface area contributed by atoms with Gasteiger partial charge in [-0.1, -0.05) is 17.7 Å². The lowest BCUT2D eigenvalue weighted by molar-refractivity contribution is -0.532. The fourth-order valence-electron chi connectivity index (χ4n) is 1.59. The van der Waals surface area contributed by atoms with E-state index >= 15 is 0 Å². The van der Waals surface area contributed by atoms with Gasteiger partial charge in [0.05, 0.1) is 11.0 Å². The number of nitro groups is 1. The van der Waals surface area contributed by atoms with Crippen molar-refractivity contribution in [2.45, 2.75) is 36.0 Å². The Kier molecular flexibility index (Phi) is 3.11. The fraction of sp³-hybridized carbons (Fsp3) is 0.455. The quantitative estimate of drug-likeness (QED) is 0.384. The molecule has 0 spiro atoms. The van der Waals surface area contributed by atoms with Gasteiger partial charge in [-0.15, -0.1) is 0 Å². The van der Waals surface area contributed by atoms with Crippen LogP contribution in [0.15, 0.2) is 29.2 Å². The average Bonchev–Trinajstić information content (AvgIpc) is 2.98. The highest BCUT2D eigenvalue weighted by Crippen LogP contribution is 2.51. The number of aryl methyl sites for hydroxylation is 1. The van der Waals surface area contributed by atoms with Gasteiger partial charge in [0.25, 0.3) is 0 Å². The molecule has 0 amide bonds. The third-order valence-corrected chi connectivity index (χ3v) is 3.85. The van der Waals surface area contributed by atoms with Crippen LogP contribution in [0.2, 0.25) is 0 Å². The summed E-state index contributed by atoms with van der Waals surface area (Å²) < 4.78 is 5.08. The summed E-state index contributed by atoms with van der Waals surface area (Å²) in [6, 6.07) is 7.39. The molecule has 0 radical (unpaired) electrons. The van der Waals surface area contributed by atoms with E-state index in [1.807, 2.05) is 31.2 Å². The Labute approximate surface area is 103 Å². The first-order valence-electron chi connectivity index (χ1n) is 5.22. The third kappa shape index (κ3) is 2.29. The van der Waals surface area contributed by atoms with Crippen molar-refractivity contribution in [2.24, 2.45) is 0 Å². The topological polar surface area (TPSA) is 75.9 Å². The number of hydrogen-bond acceptors (Lipinski definition) is 5. The van der Waals surface area contributed by atoms with Crippen LogP contribution in [-0.2, 0) is 4.74 Å². The highest BCUT2D eigenvalue weighted by Gasteiger charge is 2.72. The van der Waals surface area contributed by atoms with Gasteiger partial charge in [0, 0.05) is 4.90 Å². The zero-order chi connectivity index (χ0) is 12.6. The summed E-state index contributed by atoms with van der Waals surface area (Å²) in [6.45, 7) is 3.44. The summed E-state index contributed by atoms with van der Waals surface area (Å²) in [6.07, 6.45) is -1.60. The van der Waals surface area contributed by atoms with E-state index in [0.717, 1.165) is 22.2 Å². The summed E-state index contributed by atoms with van der Waals surface area (Å²) in [5.74, 6) is 0. The molecule has 5 nitrogen and oxygen atoms in total. The standard InChI is InChI=1S/C11H13NO4S/c1-7-3-5-9(6-4-7)17-11(12(14)15)10(16-11)8(2)13/h3-6,8,10,13H,1-2H3/t8-,10+,11+/m0/s1. The Morgan fingerprint density at radius 3 is 2.53 bits per heavy atom. The van der Waals surface area contributed by atoms with E-state index in [1.54, 1.807) is 0 Å². The highest BCUT2D eigenvalue weighted by atomic mass is 32.2. The molecule has 1 fully saturated rings. The molecule has 1 aromatic carbocycles. The number of benzene rings is 1. The Morgan fingerprint density at radius 1 is 1.53 bits per heavy atom. The van der Waals surface area contributed by atoms with Crippen LogP contribution < -0.4 is 0 Å². The normalized spacial score (nSPS) is 28.8. The molecule has 0 aromatic heterocycles. The van der Waals surface area contributed by atoms with Crippen LogP contribution in [0.3, 0.4) is 0 Å². The third-order valence-electron chi connectivity index (χ3n) is 2.58. The van der Waals surface area contributed by atoms with Crippen molar-refractivity contribution in [3.63, 3.8) is 0 Å². The molecule has 1 aliphatic rings. The van der Waals surface area contributed by atoms with E-state index in [4.69, 9.17) is 4.74 Å². The maximum Gasteiger partial charge on any atom is 0.408 e. The maximum atomic E-state index is 11.0. The molecule has 1 saturated heterocycles. The number of rotatable bonds is 4. The first-order valence-corrected chi connectivity index (χ1v) is 6.03. The van der Waals surface area contributed by atoms with Crippen molar-refractivity contribution in [1.82, 2.24) is 0 Å². The van der Waals surface area contributed by atoms with E-state index in [9.17, 15) is 15.2 Å². The summed E-state index contributed by atoms with van der Waals surface area (Å²) in [7, 11) is 0. The van der Waals surface area contributed by atoms with Gasteiger partial charge in [-0.3, -0.25) is 14.9 Å². The van der Waals surface area contributed by atoms with Crippen molar-refractivity contribution in [1.29, 1.82) is 0 Å². The van der Waals surface area contributed by atoms with Gasteiger partial charge in [0.2, 0.25) is 0 Å². The highest BCUT2D eigenvalue weighted by molar-refractivity contribution is 8.00. The fourth-order valence-corrected chi connectivity index (χ4v) is 2.74. The van der Waals surface area contributed by atoms with Crippen molar-refractivity contribution in [2.75, 3.05) is 0 Å². The first kappa shape index (κ1) is 12.3. The molecule has 2 rings (SSSR count). The van der Waals surface area contributed by atoms with Gasteiger partial charge in [-0.2, -0.15) is 0 Å². The maximum absolute atomic E-state index is 11.0. The summed E-state index contributed by atoms with van der Waals surface area (Å²) >= 11 is 1.03. The Hall–Kier alpha value is -1.11. The van der Waals surface area contributed by atoms with Crippen LogP contribution in [-0.4, -0.2) is 27.3 Å². The molecular formula is C11H13NO4S. The second-order valence-electron chi connectivity index (χ2n) is 4.08. The molecule has 1 N–H and O–H groups in total. The average molecular weight is 255 g/mol. The molecule has 1 aromatic rings. The number of epoxide rings is 1. The Balaban J connectivity index is 2.16. The van der Waals surface area contributed by atoms with Crippen LogP contribution in [0.4, 0.5) is 0 Å². The van der Waals surface area contributed by atoms with Crippen LogP contribution >= 0.6 is 11.8 Å². The van der Waals surface area contributed by atoms with Crippen LogP contribution in [0.1, 0.15) is 12.5 Å². The number of hydrogen-bond donors (Lipinski definition) is 1. The molecule has 1 heterocycles. The molecule has 3 atom stereocenters. The van der Waals surface area contributed by atoms with E-state index in [-0.39, 0.29) is 0 Å². The van der Waals surface area contributed by atoms with Crippen LogP contribution in [0, 0.1) is 17.0 Å². The Morgan fingerprint density at radius 2 is 2.12 bits per heavy atom. The van der Waals surface area contributed by atoms with Gasteiger partial charge >= 0.3 is 5.06 Å². The number of ether oxygens (including phenoxy) is 1. The predicted octanol–water partition coefficient (Wildman–Crippen LogP) is 1.80. The zero-order valence-corrected chi connectivity index (χ0v) is 10.3. The number of aliphatic hydroxyl groups excluding tert-OH is 1. The van der Waals surface area contributed by atoms with Gasteiger partial charge in [-0.25, -0.2) is 0 Å². The monoisotopic (exact) mass is 255 g/mol. The van der Waals surface area contributed by atoms with Gasteiger partial charge in [-0.05, 0) is 37.7 Å². The zero-order valence-electron chi connectivity index (χ0n) is 9.49. The molecule has 17 heavy (non-hydrogen) atoms. The molecule has 0 aliphatic carbocycles. The van der Waals surface area contributed by atoms with Gasteiger partial charge in [0.1, 0.15) is 0 Å². The van der Waals surface area contributed by atoms with Crippen molar-refractivity contribution in [3.05, 3.63) is 39.9 Å². The molecule has 92 valence electrons. The van der Waals surface area contributed by atoms with Crippen molar-refractivity contribution < 1.29 is 14.8 Å². The Bertz CT molecular complexity index is 434. The molecule has 1 aliphatic heterocycles. The number of aliphatic hydroxyl groups is 1. The molecular weight excluding hydrogens is 242 g/mol. The second kappa shape index (κ2) is 4.29. The number of nitrogens with zero attached hydrogens (tertiary/aromatic N) is 1. The lowest BCUT2D eigenvalue weighted by Gasteiger charge is -2.05. The molecule has 0 bridgehead atoms. The number of thioether (sulfide) groups is 1. The lowest BCUT2D eigenvalue weighted by atomic mass is 10.2. The summed E-state index contributed by atoms with van der Waals surface area (Å²) in [5.41, 5.74) is 1.09. The second-order valence-corrected chi connectivity index (χ2v) is 5.34. The largest absolute Gasteiger partial charge is 0.408 e.